The molecule has 1 saturated heterocycles. The lowest BCUT2D eigenvalue weighted by Crippen LogP contribution is -2.16. The molecular weight excluding hydrogens is 204 g/mol. The third-order valence-electron chi connectivity index (χ3n) is 2.49. The van der Waals surface area contributed by atoms with Crippen LogP contribution in [0.1, 0.15) is 17.2 Å². The number of amides is 1. The standard InChI is InChI=1S/C12H14N2O2/c1-8-3-4-10(12-6-16-12)5-11(8)14-9(2)13-7-15/h3-5,7,12,14H,2,6H2,1H3,(H,13,15). The van der Waals surface area contributed by atoms with Crippen LogP contribution in [0.25, 0.3) is 0 Å². The Morgan fingerprint density at radius 3 is 3.00 bits per heavy atom. The van der Waals surface area contributed by atoms with Crippen LogP contribution in [-0.4, -0.2) is 13.0 Å². The Morgan fingerprint density at radius 1 is 1.62 bits per heavy atom. The van der Waals surface area contributed by atoms with Crippen LogP contribution in [0.5, 0.6) is 0 Å². The number of carbonyl (C=O) groups excluding carboxylic acids is 1. The van der Waals surface area contributed by atoms with E-state index in [2.05, 4.69) is 17.2 Å². The van der Waals surface area contributed by atoms with E-state index in [1.54, 1.807) is 0 Å². The van der Waals surface area contributed by atoms with Crippen LogP contribution in [0.2, 0.25) is 0 Å². The number of hydrogen-bond acceptors (Lipinski definition) is 3. The number of rotatable bonds is 5. The van der Waals surface area contributed by atoms with E-state index in [-0.39, 0.29) is 6.10 Å². The second kappa shape index (κ2) is 4.37. The zero-order chi connectivity index (χ0) is 11.5. The molecule has 2 rings (SSSR count). The molecule has 1 aliphatic rings. The van der Waals surface area contributed by atoms with Crippen LogP contribution >= 0.6 is 0 Å². The number of ether oxygens (including phenoxy) is 1. The van der Waals surface area contributed by atoms with Crippen LogP contribution < -0.4 is 10.6 Å². The molecule has 1 amide bonds. The highest BCUT2D eigenvalue weighted by Crippen LogP contribution is 2.32. The Bertz CT molecular complexity index is 425. The average molecular weight is 218 g/mol. The van der Waals surface area contributed by atoms with Crippen molar-refractivity contribution in [2.24, 2.45) is 0 Å². The maximum absolute atomic E-state index is 10.2. The molecule has 2 N–H and O–H groups in total. The second-order valence-corrected chi connectivity index (χ2v) is 3.76. The topological polar surface area (TPSA) is 53.7 Å². The summed E-state index contributed by atoms with van der Waals surface area (Å²) in [6, 6.07) is 6.09. The zero-order valence-electron chi connectivity index (χ0n) is 9.12. The van der Waals surface area contributed by atoms with Gasteiger partial charge in [0.15, 0.2) is 0 Å². The normalized spacial score (nSPS) is 17.7. The van der Waals surface area contributed by atoms with Crippen LogP contribution in [0, 0.1) is 6.92 Å². The van der Waals surface area contributed by atoms with Gasteiger partial charge in [0.2, 0.25) is 6.41 Å². The summed E-state index contributed by atoms with van der Waals surface area (Å²) >= 11 is 0. The summed E-state index contributed by atoms with van der Waals surface area (Å²) in [5.41, 5.74) is 3.18. The van der Waals surface area contributed by atoms with Gasteiger partial charge in [-0.3, -0.25) is 4.79 Å². The van der Waals surface area contributed by atoms with Crippen molar-refractivity contribution in [3.63, 3.8) is 0 Å². The van der Waals surface area contributed by atoms with E-state index in [9.17, 15) is 4.79 Å². The first-order valence-corrected chi connectivity index (χ1v) is 5.09. The van der Waals surface area contributed by atoms with E-state index < -0.39 is 0 Å². The lowest BCUT2D eigenvalue weighted by molar-refractivity contribution is -0.108. The molecule has 0 aliphatic carbocycles. The van der Waals surface area contributed by atoms with E-state index in [0.29, 0.717) is 12.2 Å². The fourth-order valence-electron chi connectivity index (χ4n) is 1.48. The average Bonchev–Trinajstić information content (AvgIpc) is 3.05. The molecule has 1 unspecified atom stereocenters. The number of epoxide rings is 1. The quantitative estimate of drug-likeness (QED) is 0.584. The second-order valence-electron chi connectivity index (χ2n) is 3.76. The number of hydrogen-bond donors (Lipinski definition) is 2. The fraction of sp³-hybridized carbons (Fsp3) is 0.250. The number of benzene rings is 1. The minimum Gasteiger partial charge on any atom is -0.368 e. The smallest absolute Gasteiger partial charge is 0.212 e. The van der Waals surface area contributed by atoms with Crippen LogP contribution in [0.4, 0.5) is 5.69 Å². The lowest BCUT2D eigenvalue weighted by atomic mass is 10.1. The molecule has 84 valence electrons. The molecule has 1 heterocycles. The molecule has 1 fully saturated rings. The SMILES string of the molecule is C=C(NC=O)Nc1cc(C2CO2)ccc1C. The molecule has 0 aromatic heterocycles. The van der Waals surface area contributed by atoms with Gasteiger partial charge in [-0.2, -0.15) is 0 Å². The minimum atomic E-state index is 0.230. The van der Waals surface area contributed by atoms with Crippen molar-refractivity contribution in [2.45, 2.75) is 13.0 Å². The Morgan fingerprint density at radius 2 is 2.38 bits per heavy atom. The van der Waals surface area contributed by atoms with Gasteiger partial charge in [0, 0.05) is 5.69 Å². The van der Waals surface area contributed by atoms with Crippen LogP contribution in [-0.2, 0) is 9.53 Å². The Hall–Kier alpha value is -1.81. The van der Waals surface area contributed by atoms with Gasteiger partial charge in [-0.1, -0.05) is 18.7 Å². The molecule has 4 nitrogen and oxygen atoms in total. The lowest BCUT2D eigenvalue weighted by Gasteiger charge is -2.12. The number of anilines is 1. The van der Waals surface area contributed by atoms with E-state index in [1.807, 2.05) is 25.1 Å². The summed E-state index contributed by atoms with van der Waals surface area (Å²) in [5.74, 6) is 0.465. The molecule has 1 aliphatic heterocycles. The van der Waals surface area contributed by atoms with Crippen molar-refractivity contribution < 1.29 is 9.53 Å². The van der Waals surface area contributed by atoms with E-state index in [4.69, 9.17) is 4.74 Å². The molecule has 1 atom stereocenters. The van der Waals surface area contributed by atoms with Gasteiger partial charge in [-0.05, 0) is 24.1 Å². The van der Waals surface area contributed by atoms with E-state index >= 15 is 0 Å². The molecule has 1 aromatic carbocycles. The van der Waals surface area contributed by atoms with E-state index in [1.165, 1.54) is 0 Å². The van der Waals surface area contributed by atoms with Crippen molar-refractivity contribution in [1.82, 2.24) is 5.32 Å². The van der Waals surface area contributed by atoms with Gasteiger partial charge >= 0.3 is 0 Å². The highest BCUT2D eigenvalue weighted by Gasteiger charge is 2.25. The van der Waals surface area contributed by atoms with Gasteiger partial charge < -0.3 is 15.4 Å². The maximum atomic E-state index is 10.2. The predicted molar refractivity (Wildman–Crippen MR) is 61.8 cm³/mol. The molecule has 16 heavy (non-hydrogen) atoms. The number of nitrogens with one attached hydrogen (secondary N) is 2. The predicted octanol–water partition coefficient (Wildman–Crippen LogP) is 1.70. The first-order valence-electron chi connectivity index (χ1n) is 5.09. The summed E-state index contributed by atoms with van der Waals surface area (Å²) in [6.07, 6.45) is 0.826. The number of carbonyl (C=O) groups is 1. The van der Waals surface area contributed by atoms with Gasteiger partial charge in [0.25, 0.3) is 0 Å². The molecule has 0 saturated carbocycles. The van der Waals surface area contributed by atoms with Crippen molar-refractivity contribution in [1.29, 1.82) is 0 Å². The highest BCUT2D eigenvalue weighted by molar-refractivity contribution is 5.59. The zero-order valence-corrected chi connectivity index (χ0v) is 9.12. The number of aryl methyl sites for hydroxylation is 1. The monoisotopic (exact) mass is 218 g/mol. The Labute approximate surface area is 94.3 Å². The summed E-state index contributed by atoms with van der Waals surface area (Å²) in [5, 5.41) is 5.51. The molecule has 0 radical (unpaired) electrons. The van der Waals surface area contributed by atoms with Crippen molar-refractivity contribution in [2.75, 3.05) is 11.9 Å². The maximum Gasteiger partial charge on any atom is 0.212 e. The fourth-order valence-corrected chi connectivity index (χ4v) is 1.48. The molecule has 4 heteroatoms. The first-order chi connectivity index (χ1) is 7.70. The Balaban J connectivity index is 2.14. The van der Waals surface area contributed by atoms with Crippen LogP contribution in [0.15, 0.2) is 30.6 Å². The molecule has 0 bridgehead atoms. The molecule has 0 spiro atoms. The summed E-state index contributed by atoms with van der Waals surface area (Å²) in [6.45, 7) is 6.47. The Kier molecular flexibility index (Phi) is 2.92. The largest absolute Gasteiger partial charge is 0.368 e. The van der Waals surface area contributed by atoms with Crippen molar-refractivity contribution in [3.8, 4) is 0 Å². The highest BCUT2D eigenvalue weighted by atomic mass is 16.6. The third kappa shape index (κ3) is 2.41. The van der Waals surface area contributed by atoms with Crippen molar-refractivity contribution >= 4 is 12.1 Å². The van der Waals surface area contributed by atoms with Gasteiger partial charge in [0.05, 0.1) is 6.61 Å². The van der Waals surface area contributed by atoms with Gasteiger partial charge in [-0.15, -0.1) is 0 Å². The van der Waals surface area contributed by atoms with Crippen molar-refractivity contribution in [3.05, 3.63) is 41.7 Å². The van der Waals surface area contributed by atoms with Gasteiger partial charge in [0.1, 0.15) is 11.9 Å². The summed E-state index contributed by atoms with van der Waals surface area (Å²) in [7, 11) is 0. The van der Waals surface area contributed by atoms with Gasteiger partial charge in [-0.25, -0.2) is 0 Å². The summed E-state index contributed by atoms with van der Waals surface area (Å²) < 4.78 is 5.22. The van der Waals surface area contributed by atoms with E-state index in [0.717, 1.165) is 23.4 Å². The third-order valence-corrected chi connectivity index (χ3v) is 2.49. The minimum absolute atomic E-state index is 0.230. The molecular formula is C12H14N2O2. The molecule has 1 aromatic rings. The summed E-state index contributed by atoms with van der Waals surface area (Å²) in [4.78, 5) is 10.2. The van der Waals surface area contributed by atoms with Crippen LogP contribution in [0.3, 0.4) is 0 Å². The first kappa shape index (κ1) is 10.7.